The number of aromatic nitrogens is 1. The van der Waals surface area contributed by atoms with Crippen molar-refractivity contribution in [2.75, 3.05) is 12.3 Å². The minimum Gasteiger partial charge on any atom is -0.490 e. The van der Waals surface area contributed by atoms with Gasteiger partial charge in [-0.25, -0.2) is 0 Å². The van der Waals surface area contributed by atoms with E-state index in [4.69, 9.17) is 10.5 Å². The second-order valence-corrected chi connectivity index (χ2v) is 4.84. The summed E-state index contributed by atoms with van der Waals surface area (Å²) in [5, 5.41) is 3.96. The number of hydrogen-bond donors (Lipinski definition) is 1. The second-order valence-electron chi connectivity index (χ2n) is 4.84. The highest BCUT2D eigenvalue weighted by Gasteiger charge is 2.15. The Balaban J connectivity index is 2.45. The predicted molar refractivity (Wildman–Crippen MR) is 87.1 cm³/mol. The van der Waals surface area contributed by atoms with Crippen LogP contribution in [0.3, 0.4) is 0 Å². The van der Waals surface area contributed by atoms with Crippen LogP contribution in [0.15, 0.2) is 40.2 Å². The molecule has 0 unspecified atom stereocenters. The van der Waals surface area contributed by atoms with Crippen LogP contribution in [0, 0.1) is 6.92 Å². The van der Waals surface area contributed by atoms with Gasteiger partial charge in [0.25, 0.3) is 5.56 Å². The average Bonchev–Trinajstić information content (AvgIpc) is 2.48. The lowest BCUT2D eigenvalue weighted by atomic mass is 10.2. The van der Waals surface area contributed by atoms with Crippen molar-refractivity contribution < 1.29 is 18.3 Å². The molecular formula is C16H17F2N3O3. The van der Waals surface area contributed by atoms with E-state index in [9.17, 15) is 13.6 Å². The average molecular weight is 337 g/mol. The van der Waals surface area contributed by atoms with Crippen molar-refractivity contribution in [3.63, 3.8) is 0 Å². The third-order valence-corrected chi connectivity index (χ3v) is 3.01. The van der Waals surface area contributed by atoms with E-state index in [-0.39, 0.29) is 29.5 Å². The van der Waals surface area contributed by atoms with E-state index in [0.29, 0.717) is 5.56 Å². The van der Waals surface area contributed by atoms with Crippen LogP contribution < -0.4 is 20.8 Å². The summed E-state index contributed by atoms with van der Waals surface area (Å²) in [5.74, 6) is 0.136. The monoisotopic (exact) mass is 337 g/mol. The van der Waals surface area contributed by atoms with Crippen LogP contribution >= 0.6 is 0 Å². The Labute approximate surface area is 137 Å². The fourth-order valence-electron chi connectivity index (χ4n) is 2.08. The van der Waals surface area contributed by atoms with Gasteiger partial charge in [0.05, 0.1) is 12.8 Å². The molecule has 0 saturated carbocycles. The number of ether oxygens (including phenoxy) is 2. The molecule has 24 heavy (non-hydrogen) atoms. The number of alkyl halides is 2. The molecule has 1 aromatic carbocycles. The van der Waals surface area contributed by atoms with Gasteiger partial charge >= 0.3 is 6.61 Å². The van der Waals surface area contributed by atoms with Gasteiger partial charge in [0.2, 0.25) is 0 Å². The topological polar surface area (TPSA) is 78.8 Å². The molecule has 0 saturated heterocycles. The minimum absolute atomic E-state index is 0.133. The van der Waals surface area contributed by atoms with Gasteiger partial charge < -0.3 is 15.2 Å². The van der Waals surface area contributed by atoms with Crippen LogP contribution in [-0.2, 0) is 0 Å². The maximum atomic E-state index is 12.7. The van der Waals surface area contributed by atoms with Crippen molar-refractivity contribution in [1.29, 1.82) is 0 Å². The molecule has 0 atom stereocenters. The summed E-state index contributed by atoms with van der Waals surface area (Å²) in [5.41, 5.74) is 6.25. The zero-order valence-electron chi connectivity index (χ0n) is 13.2. The number of anilines is 1. The summed E-state index contributed by atoms with van der Waals surface area (Å²) >= 11 is 0. The lowest BCUT2D eigenvalue weighted by Gasteiger charge is -2.13. The highest BCUT2D eigenvalue weighted by atomic mass is 19.3. The number of halogens is 2. The quantitative estimate of drug-likeness (QED) is 0.822. The maximum Gasteiger partial charge on any atom is 0.387 e. The molecule has 2 rings (SSSR count). The summed E-state index contributed by atoms with van der Waals surface area (Å²) in [4.78, 5) is 11.9. The van der Waals surface area contributed by atoms with Gasteiger partial charge in [0, 0.05) is 11.6 Å². The molecule has 0 radical (unpaired) electrons. The van der Waals surface area contributed by atoms with Crippen molar-refractivity contribution in [1.82, 2.24) is 4.68 Å². The van der Waals surface area contributed by atoms with E-state index in [2.05, 4.69) is 9.84 Å². The van der Waals surface area contributed by atoms with Crippen LogP contribution in [0.4, 0.5) is 14.6 Å². The molecule has 0 spiro atoms. The number of aryl methyl sites for hydroxylation is 1. The fourth-order valence-corrected chi connectivity index (χ4v) is 2.08. The molecular weight excluding hydrogens is 320 g/mol. The lowest BCUT2D eigenvalue weighted by Crippen LogP contribution is -2.19. The molecule has 2 aromatic rings. The first kappa shape index (κ1) is 17.5. The zero-order valence-corrected chi connectivity index (χ0v) is 13.2. The van der Waals surface area contributed by atoms with Gasteiger partial charge in [-0.05, 0) is 37.6 Å². The minimum atomic E-state index is -3.02. The van der Waals surface area contributed by atoms with E-state index in [0.717, 1.165) is 4.68 Å². The summed E-state index contributed by atoms with van der Waals surface area (Å²) < 4.78 is 36.1. The van der Waals surface area contributed by atoms with Crippen molar-refractivity contribution in [2.24, 2.45) is 5.10 Å². The van der Waals surface area contributed by atoms with Crippen LogP contribution in [0.25, 0.3) is 0 Å². The highest BCUT2D eigenvalue weighted by molar-refractivity contribution is 5.85. The number of para-hydroxylation sites is 1. The van der Waals surface area contributed by atoms with Crippen LogP contribution in [0.5, 0.6) is 11.5 Å². The number of hydrogen-bond acceptors (Lipinski definition) is 5. The summed E-state index contributed by atoms with van der Waals surface area (Å²) in [6.45, 7) is 0.710. The summed E-state index contributed by atoms with van der Waals surface area (Å²) in [6, 6.07) is 7.56. The molecule has 1 aromatic heterocycles. The van der Waals surface area contributed by atoms with Crippen molar-refractivity contribution in [2.45, 2.75) is 20.5 Å². The van der Waals surface area contributed by atoms with Gasteiger partial charge in [-0.15, -0.1) is 0 Å². The van der Waals surface area contributed by atoms with Crippen molar-refractivity contribution in [3.8, 4) is 11.5 Å². The van der Waals surface area contributed by atoms with Crippen molar-refractivity contribution in [3.05, 3.63) is 51.8 Å². The van der Waals surface area contributed by atoms with Gasteiger partial charge in [-0.3, -0.25) is 4.79 Å². The highest BCUT2D eigenvalue weighted by Crippen LogP contribution is 2.31. The standard InChI is InChI=1S/C16H17F2N3O3/c1-3-23-12-6-4-5-11(15(12)24-16(17)18)9-20-21-13(19)7-10(2)8-14(21)22/h4-9,16H,3,19H2,1-2H3/b20-9-. The zero-order chi connectivity index (χ0) is 17.7. The first-order valence-corrected chi connectivity index (χ1v) is 7.16. The number of pyridine rings is 1. The first-order chi connectivity index (χ1) is 11.4. The second kappa shape index (κ2) is 7.58. The van der Waals surface area contributed by atoms with Crippen LogP contribution in [-0.4, -0.2) is 24.1 Å². The van der Waals surface area contributed by atoms with Gasteiger partial charge in [-0.1, -0.05) is 6.07 Å². The molecule has 0 fully saturated rings. The molecule has 0 aliphatic rings. The number of nitrogens with two attached hydrogens (primary N) is 1. The Morgan fingerprint density at radius 2 is 2.12 bits per heavy atom. The number of benzene rings is 1. The maximum absolute atomic E-state index is 12.7. The smallest absolute Gasteiger partial charge is 0.387 e. The fraction of sp³-hybridized carbons (Fsp3) is 0.250. The first-order valence-electron chi connectivity index (χ1n) is 7.16. The molecule has 8 heteroatoms. The molecule has 6 nitrogen and oxygen atoms in total. The summed E-state index contributed by atoms with van der Waals surface area (Å²) in [7, 11) is 0. The molecule has 0 bridgehead atoms. The Morgan fingerprint density at radius 3 is 2.75 bits per heavy atom. The van der Waals surface area contributed by atoms with E-state index in [1.165, 1.54) is 24.4 Å². The van der Waals surface area contributed by atoms with E-state index in [1.54, 1.807) is 26.0 Å². The molecule has 0 aliphatic heterocycles. The van der Waals surface area contributed by atoms with E-state index < -0.39 is 12.2 Å². The third-order valence-electron chi connectivity index (χ3n) is 3.01. The Bertz CT molecular complexity index is 804. The van der Waals surface area contributed by atoms with Gasteiger partial charge in [0.15, 0.2) is 11.5 Å². The lowest BCUT2D eigenvalue weighted by molar-refractivity contribution is -0.0515. The van der Waals surface area contributed by atoms with E-state index in [1.807, 2.05) is 0 Å². The Morgan fingerprint density at radius 1 is 1.38 bits per heavy atom. The van der Waals surface area contributed by atoms with Gasteiger partial charge in [-0.2, -0.15) is 18.6 Å². The number of nitrogen functional groups attached to an aromatic ring is 1. The van der Waals surface area contributed by atoms with Crippen LogP contribution in [0.2, 0.25) is 0 Å². The van der Waals surface area contributed by atoms with E-state index >= 15 is 0 Å². The molecule has 0 amide bonds. The van der Waals surface area contributed by atoms with Gasteiger partial charge in [0.1, 0.15) is 5.82 Å². The third kappa shape index (κ3) is 4.09. The SMILES string of the molecule is CCOc1cccc(/C=N\n2c(N)cc(C)cc2=O)c1OC(F)F. The normalized spacial score (nSPS) is 11.2. The molecule has 0 aliphatic carbocycles. The largest absolute Gasteiger partial charge is 0.490 e. The number of nitrogens with zero attached hydrogens (tertiary/aromatic N) is 2. The Kier molecular flexibility index (Phi) is 5.51. The molecule has 128 valence electrons. The number of rotatable bonds is 6. The van der Waals surface area contributed by atoms with Crippen molar-refractivity contribution >= 4 is 12.0 Å². The summed E-state index contributed by atoms with van der Waals surface area (Å²) in [6.07, 6.45) is 1.22. The molecule has 1 heterocycles. The predicted octanol–water partition coefficient (Wildman–Crippen LogP) is 2.62. The Hall–Kier alpha value is -2.90. The van der Waals surface area contributed by atoms with Crippen LogP contribution in [0.1, 0.15) is 18.1 Å². The molecule has 2 N–H and O–H groups in total.